The summed E-state index contributed by atoms with van der Waals surface area (Å²) in [5.74, 6) is 0. The van der Waals surface area contributed by atoms with E-state index < -0.39 is 0 Å². The second-order valence-corrected chi connectivity index (χ2v) is 2.71. The van der Waals surface area contributed by atoms with Gasteiger partial charge in [-0.3, -0.25) is 0 Å². The normalized spacial score (nSPS) is 11.4. The standard InChI is InChI=1S/C11H15N2/c1-2-11(13-9-8-12)10-6-4-3-5-7-10/h3-7,13H,8-9,12H2,1H3. The summed E-state index contributed by atoms with van der Waals surface area (Å²) in [6.07, 6.45) is 3.10. The average molecular weight is 175 g/mol. The zero-order valence-electron chi connectivity index (χ0n) is 7.88. The monoisotopic (exact) mass is 175 g/mol. The second kappa shape index (κ2) is 5.38. The third-order valence-electron chi connectivity index (χ3n) is 1.76. The highest BCUT2D eigenvalue weighted by atomic mass is 14.9. The van der Waals surface area contributed by atoms with Crippen molar-refractivity contribution in [1.29, 1.82) is 0 Å². The number of nitrogens with one attached hydrogen (secondary N) is 1. The molecule has 0 aliphatic carbocycles. The number of rotatable bonds is 4. The molecule has 0 aliphatic heterocycles. The molecular weight excluding hydrogens is 160 g/mol. The quantitative estimate of drug-likeness (QED) is 0.726. The van der Waals surface area contributed by atoms with Gasteiger partial charge < -0.3 is 11.1 Å². The summed E-state index contributed by atoms with van der Waals surface area (Å²) in [6, 6.07) is 10.1. The molecule has 0 heterocycles. The fraction of sp³-hybridized carbons (Fsp3) is 0.273. The van der Waals surface area contributed by atoms with Gasteiger partial charge in [-0.15, -0.1) is 0 Å². The molecule has 1 radical (unpaired) electrons. The fourth-order valence-electron chi connectivity index (χ4n) is 1.14. The maximum atomic E-state index is 5.41. The van der Waals surface area contributed by atoms with Gasteiger partial charge in [-0.05, 0) is 18.6 Å². The van der Waals surface area contributed by atoms with Gasteiger partial charge in [0.2, 0.25) is 0 Å². The molecule has 0 fully saturated rings. The Bertz CT molecular complexity index is 265. The highest BCUT2D eigenvalue weighted by molar-refractivity contribution is 5.61. The molecule has 0 atom stereocenters. The predicted octanol–water partition coefficient (Wildman–Crippen LogP) is 1.40. The molecule has 0 amide bonds. The van der Waals surface area contributed by atoms with Crippen LogP contribution >= 0.6 is 0 Å². The lowest BCUT2D eigenvalue weighted by molar-refractivity contribution is 0.855. The minimum Gasteiger partial charge on any atom is -0.383 e. The summed E-state index contributed by atoms with van der Waals surface area (Å²) < 4.78 is 0. The van der Waals surface area contributed by atoms with E-state index >= 15 is 0 Å². The first kappa shape index (κ1) is 9.81. The van der Waals surface area contributed by atoms with Crippen molar-refractivity contribution >= 4 is 5.70 Å². The molecule has 0 saturated carbocycles. The van der Waals surface area contributed by atoms with E-state index in [9.17, 15) is 0 Å². The first-order valence-corrected chi connectivity index (χ1v) is 4.42. The molecule has 2 heteroatoms. The van der Waals surface area contributed by atoms with Gasteiger partial charge in [0.1, 0.15) is 0 Å². The summed E-state index contributed by atoms with van der Waals surface area (Å²) in [7, 11) is 0. The van der Waals surface area contributed by atoms with E-state index in [1.165, 1.54) is 0 Å². The van der Waals surface area contributed by atoms with Gasteiger partial charge >= 0.3 is 0 Å². The van der Waals surface area contributed by atoms with Crippen LogP contribution < -0.4 is 11.1 Å². The number of nitrogens with two attached hydrogens (primary N) is 1. The van der Waals surface area contributed by atoms with Crippen LogP contribution in [0.25, 0.3) is 5.70 Å². The maximum absolute atomic E-state index is 5.41. The first-order chi connectivity index (χ1) is 6.38. The Morgan fingerprint density at radius 2 is 2.08 bits per heavy atom. The van der Waals surface area contributed by atoms with Gasteiger partial charge in [-0.2, -0.15) is 0 Å². The fourth-order valence-corrected chi connectivity index (χ4v) is 1.14. The van der Waals surface area contributed by atoms with E-state index in [2.05, 4.69) is 23.5 Å². The first-order valence-electron chi connectivity index (χ1n) is 4.42. The largest absolute Gasteiger partial charge is 0.383 e. The number of allylic oxidation sites excluding steroid dienone is 1. The Labute approximate surface area is 79.5 Å². The van der Waals surface area contributed by atoms with Crippen LogP contribution in [0.15, 0.2) is 30.3 Å². The highest BCUT2D eigenvalue weighted by Gasteiger charge is 1.96. The lowest BCUT2D eigenvalue weighted by Gasteiger charge is -2.08. The third-order valence-corrected chi connectivity index (χ3v) is 1.76. The second-order valence-electron chi connectivity index (χ2n) is 2.71. The lowest BCUT2D eigenvalue weighted by Crippen LogP contribution is -2.21. The summed E-state index contributed by atoms with van der Waals surface area (Å²) in [5, 5.41) is 3.22. The van der Waals surface area contributed by atoms with E-state index in [1.807, 2.05) is 25.1 Å². The zero-order valence-corrected chi connectivity index (χ0v) is 7.88. The van der Waals surface area contributed by atoms with Gasteiger partial charge in [0.05, 0.1) is 0 Å². The number of benzene rings is 1. The predicted molar refractivity (Wildman–Crippen MR) is 55.8 cm³/mol. The van der Waals surface area contributed by atoms with E-state index in [1.54, 1.807) is 0 Å². The minimum atomic E-state index is 0.637. The summed E-state index contributed by atoms with van der Waals surface area (Å²) in [5.41, 5.74) is 7.58. The van der Waals surface area contributed by atoms with Crippen LogP contribution in [0, 0.1) is 6.08 Å². The molecule has 0 spiro atoms. The SMILES string of the molecule is C/[C]=C(/NCCN)c1ccccc1. The highest BCUT2D eigenvalue weighted by Crippen LogP contribution is 2.08. The number of hydrogen-bond donors (Lipinski definition) is 2. The van der Waals surface area contributed by atoms with Crippen molar-refractivity contribution in [3.8, 4) is 0 Å². The van der Waals surface area contributed by atoms with Crippen molar-refractivity contribution in [2.45, 2.75) is 6.92 Å². The molecule has 1 aromatic rings. The molecule has 0 saturated heterocycles. The molecule has 1 rings (SSSR count). The van der Waals surface area contributed by atoms with Crippen LogP contribution in [0.3, 0.4) is 0 Å². The van der Waals surface area contributed by atoms with Crippen LogP contribution in [0.4, 0.5) is 0 Å². The van der Waals surface area contributed by atoms with Crippen LogP contribution in [-0.2, 0) is 0 Å². The molecule has 69 valence electrons. The van der Waals surface area contributed by atoms with Crippen molar-refractivity contribution in [1.82, 2.24) is 5.32 Å². The van der Waals surface area contributed by atoms with E-state index in [-0.39, 0.29) is 0 Å². The molecule has 0 bridgehead atoms. The molecule has 1 aromatic carbocycles. The number of hydrogen-bond acceptors (Lipinski definition) is 2. The Morgan fingerprint density at radius 1 is 1.38 bits per heavy atom. The van der Waals surface area contributed by atoms with Crippen molar-refractivity contribution < 1.29 is 0 Å². The molecular formula is C11H15N2. The molecule has 3 N–H and O–H groups in total. The van der Waals surface area contributed by atoms with Crippen LogP contribution in [0.5, 0.6) is 0 Å². The van der Waals surface area contributed by atoms with Gasteiger partial charge in [-0.1, -0.05) is 30.3 Å². The van der Waals surface area contributed by atoms with Crippen molar-refractivity contribution in [2.75, 3.05) is 13.1 Å². The molecule has 13 heavy (non-hydrogen) atoms. The third kappa shape index (κ3) is 2.92. The minimum absolute atomic E-state index is 0.637. The summed E-state index contributed by atoms with van der Waals surface area (Å²) >= 11 is 0. The molecule has 0 aliphatic rings. The van der Waals surface area contributed by atoms with Gasteiger partial charge in [-0.25, -0.2) is 0 Å². The van der Waals surface area contributed by atoms with E-state index in [0.717, 1.165) is 17.8 Å². The average Bonchev–Trinajstić information content (AvgIpc) is 2.21. The Kier molecular flexibility index (Phi) is 4.06. The van der Waals surface area contributed by atoms with E-state index in [0.29, 0.717) is 6.54 Å². The van der Waals surface area contributed by atoms with Crippen LogP contribution in [0.2, 0.25) is 0 Å². The van der Waals surface area contributed by atoms with Crippen LogP contribution in [0.1, 0.15) is 12.5 Å². The Hall–Kier alpha value is -1.28. The van der Waals surface area contributed by atoms with Crippen molar-refractivity contribution in [3.05, 3.63) is 42.0 Å². The van der Waals surface area contributed by atoms with Crippen LogP contribution in [-0.4, -0.2) is 13.1 Å². The van der Waals surface area contributed by atoms with Crippen molar-refractivity contribution in [2.24, 2.45) is 5.73 Å². The van der Waals surface area contributed by atoms with E-state index in [4.69, 9.17) is 5.73 Å². The maximum Gasteiger partial charge on any atom is 0.0447 e. The lowest BCUT2D eigenvalue weighted by atomic mass is 10.1. The van der Waals surface area contributed by atoms with Gasteiger partial charge in [0.25, 0.3) is 0 Å². The van der Waals surface area contributed by atoms with Gasteiger partial charge in [0.15, 0.2) is 0 Å². The smallest absolute Gasteiger partial charge is 0.0447 e. The summed E-state index contributed by atoms with van der Waals surface area (Å²) in [6.45, 7) is 3.31. The zero-order chi connectivity index (χ0) is 9.52. The topological polar surface area (TPSA) is 38.0 Å². The Balaban J connectivity index is 2.69. The molecule has 2 nitrogen and oxygen atoms in total. The molecule has 0 unspecified atom stereocenters. The Morgan fingerprint density at radius 3 is 2.62 bits per heavy atom. The molecule has 0 aromatic heterocycles. The van der Waals surface area contributed by atoms with Gasteiger partial charge in [0, 0.05) is 18.8 Å². The van der Waals surface area contributed by atoms with Crippen molar-refractivity contribution in [3.63, 3.8) is 0 Å². The summed E-state index contributed by atoms with van der Waals surface area (Å²) in [4.78, 5) is 0.